The van der Waals surface area contributed by atoms with E-state index >= 15 is 0 Å². The lowest BCUT2D eigenvalue weighted by atomic mass is 10.2. The Bertz CT molecular complexity index is 502. The van der Waals surface area contributed by atoms with Gasteiger partial charge in [-0.1, -0.05) is 19.9 Å². The highest BCUT2D eigenvalue weighted by Crippen LogP contribution is 2.21. The molecule has 0 amide bonds. The highest BCUT2D eigenvalue weighted by Gasteiger charge is 2.10. The first-order valence-electron chi connectivity index (χ1n) is 5.45. The van der Waals surface area contributed by atoms with E-state index in [1.165, 1.54) is 0 Å². The van der Waals surface area contributed by atoms with Crippen LogP contribution in [0.3, 0.4) is 0 Å². The molecule has 0 bridgehead atoms. The van der Waals surface area contributed by atoms with Gasteiger partial charge in [-0.05, 0) is 17.7 Å². The average Bonchev–Trinajstić information content (AvgIpc) is 2.56. The number of hydroxylamine groups is 1. The van der Waals surface area contributed by atoms with Gasteiger partial charge in [0.2, 0.25) is 0 Å². The molecule has 86 valence electrons. The number of aromatic nitrogens is 2. The number of imidazole rings is 1. The van der Waals surface area contributed by atoms with Crippen molar-refractivity contribution in [2.45, 2.75) is 26.3 Å². The van der Waals surface area contributed by atoms with Crippen LogP contribution in [0.15, 0.2) is 18.2 Å². The lowest BCUT2D eigenvalue weighted by Gasteiger charge is -2.04. The van der Waals surface area contributed by atoms with Crippen LogP contribution in [0.5, 0.6) is 0 Å². The zero-order valence-electron chi connectivity index (χ0n) is 9.86. The van der Waals surface area contributed by atoms with Crippen LogP contribution in [0.2, 0.25) is 0 Å². The second-order valence-electron chi connectivity index (χ2n) is 4.34. The second kappa shape index (κ2) is 4.23. The van der Waals surface area contributed by atoms with E-state index in [-0.39, 0.29) is 0 Å². The summed E-state index contributed by atoms with van der Waals surface area (Å²) >= 11 is 0. The molecule has 1 aromatic carbocycles. The molecule has 0 aliphatic heterocycles. The van der Waals surface area contributed by atoms with E-state index in [4.69, 9.17) is 5.21 Å². The molecule has 1 heterocycles. The van der Waals surface area contributed by atoms with Gasteiger partial charge in [-0.3, -0.25) is 0 Å². The van der Waals surface area contributed by atoms with Gasteiger partial charge >= 0.3 is 0 Å². The summed E-state index contributed by atoms with van der Waals surface area (Å²) in [4.78, 5) is 4.61. The Morgan fingerprint density at radius 1 is 1.44 bits per heavy atom. The molecular weight excluding hydrogens is 202 g/mol. The molecule has 0 spiro atoms. The van der Waals surface area contributed by atoms with E-state index in [0.29, 0.717) is 12.5 Å². The van der Waals surface area contributed by atoms with Crippen LogP contribution in [0.1, 0.15) is 31.2 Å². The van der Waals surface area contributed by atoms with Crippen molar-refractivity contribution >= 4 is 11.0 Å². The quantitative estimate of drug-likeness (QED) is 0.778. The smallest absolute Gasteiger partial charge is 0.112 e. The summed E-state index contributed by atoms with van der Waals surface area (Å²) in [5, 5.41) is 8.66. The fraction of sp³-hybridized carbons (Fsp3) is 0.417. The van der Waals surface area contributed by atoms with E-state index in [1.54, 1.807) is 0 Å². The third-order valence-corrected chi connectivity index (χ3v) is 2.78. The molecule has 0 radical (unpaired) electrons. The summed E-state index contributed by atoms with van der Waals surface area (Å²) in [7, 11) is 2.04. The van der Waals surface area contributed by atoms with E-state index in [1.807, 2.05) is 25.2 Å². The first kappa shape index (κ1) is 11.1. The van der Waals surface area contributed by atoms with Crippen molar-refractivity contribution in [3.63, 3.8) is 0 Å². The Hall–Kier alpha value is -1.39. The highest BCUT2D eigenvalue weighted by molar-refractivity contribution is 5.76. The molecule has 2 N–H and O–H groups in total. The average molecular weight is 219 g/mol. The third kappa shape index (κ3) is 1.81. The van der Waals surface area contributed by atoms with Crippen LogP contribution in [-0.4, -0.2) is 14.8 Å². The molecule has 0 saturated heterocycles. The van der Waals surface area contributed by atoms with Gasteiger partial charge in [0.15, 0.2) is 0 Å². The van der Waals surface area contributed by atoms with Gasteiger partial charge in [0.05, 0.1) is 11.0 Å². The second-order valence-corrected chi connectivity index (χ2v) is 4.34. The van der Waals surface area contributed by atoms with E-state index in [0.717, 1.165) is 22.4 Å². The summed E-state index contributed by atoms with van der Waals surface area (Å²) in [6.45, 7) is 4.72. The number of hydrogen-bond donors (Lipinski definition) is 2. The van der Waals surface area contributed by atoms with Crippen LogP contribution in [0.25, 0.3) is 11.0 Å². The Kier molecular flexibility index (Phi) is 2.94. The molecular formula is C12H17N3O. The van der Waals surface area contributed by atoms with Crippen LogP contribution in [0.4, 0.5) is 0 Å². The van der Waals surface area contributed by atoms with Gasteiger partial charge in [-0.2, -0.15) is 0 Å². The van der Waals surface area contributed by atoms with E-state index in [9.17, 15) is 0 Å². The fourth-order valence-electron chi connectivity index (χ4n) is 1.98. The lowest BCUT2D eigenvalue weighted by molar-refractivity contribution is 0.161. The van der Waals surface area contributed by atoms with Gasteiger partial charge in [0.1, 0.15) is 5.82 Å². The van der Waals surface area contributed by atoms with Crippen LogP contribution in [0, 0.1) is 0 Å². The van der Waals surface area contributed by atoms with Gasteiger partial charge in [0.25, 0.3) is 0 Å². The summed E-state index contributed by atoms with van der Waals surface area (Å²) < 4.78 is 2.12. The Morgan fingerprint density at radius 2 is 2.19 bits per heavy atom. The molecule has 4 nitrogen and oxygen atoms in total. The Balaban J connectivity index is 2.54. The van der Waals surface area contributed by atoms with Crippen molar-refractivity contribution < 1.29 is 5.21 Å². The number of hydrogen-bond acceptors (Lipinski definition) is 3. The molecule has 2 aromatic rings. The minimum absolute atomic E-state index is 0.414. The maximum atomic E-state index is 8.66. The monoisotopic (exact) mass is 219 g/mol. The number of fused-ring (bicyclic) bond motifs is 1. The molecule has 16 heavy (non-hydrogen) atoms. The number of nitrogens with one attached hydrogen (secondary N) is 1. The normalized spacial score (nSPS) is 11.6. The van der Waals surface area contributed by atoms with Crippen molar-refractivity contribution in [2.75, 3.05) is 0 Å². The maximum absolute atomic E-state index is 8.66. The minimum Gasteiger partial charge on any atom is -0.331 e. The van der Waals surface area contributed by atoms with Crippen LogP contribution >= 0.6 is 0 Å². The van der Waals surface area contributed by atoms with Crippen LogP contribution in [-0.2, 0) is 13.6 Å². The summed E-state index contributed by atoms with van der Waals surface area (Å²) in [6, 6.07) is 6.04. The lowest BCUT2D eigenvalue weighted by Crippen LogP contribution is -2.05. The number of rotatable bonds is 3. The molecule has 0 aliphatic carbocycles. The number of benzene rings is 1. The molecule has 0 saturated carbocycles. The van der Waals surface area contributed by atoms with Crippen molar-refractivity contribution in [1.82, 2.24) is 15.0 Å². The predicted molar refractivity (Wildman–Crippen MR) is 63.4 cm³/mol. The van der Waals surface area contributed by atoms with E-state index < -0.39 is 0 Å². The molecule has 4 heteroatoms. The zero-order valence-corrected chi connectivity index (χ0v) is 9.86. The molecule has 2 rings (SSSR count). The zero-order chi connectivity index (χ0) is 11.7. The SMILES string of the molecule is CC(C)c1nc2cc(CNO)ccc2n1C. The molecule has 0 aliphatic rings. The molecule has 1 aromatic heterocycles. The maximum Gasteiger partial charge on any atom is 0.112 e. The van der Waals surface area contributed by atoms with Gasteiger partial charge in [0, 0.05) is 19.5 Å². The van der Waals surface area contributed by atoms with Crippen molar-refractivity contribution in [2.24, 2.45) is 7.05 Å². The van der Waals surface area contributed by atoms with E-state index in [2.05, 4.69) is 28.9 Å². The minimum atomic E-state index is 0.414. The van der Waals surface area contributed by atoms with Crippen molar-refractivity contribution in [3.05, 3.63) is 29.6 Å². The van der Waals surface area contributed by atoms with Gasteiger partial charge < -0.3 is 9.77 Å². The largest absolute Gasteiger partial charge is 0.331 e. The van der Waals surface area contributed by atoms with Crippen molar-refractivity contribution in [1.29, 1.82) is 0 Å². The predicted octanol–water partition coefficient (Wildman–Crippen LogP) is 2.18. The first-order chi connectivity index (χ1) is 7.63. The van der Waals surface area contributed by atoms with Crippen molar-refractivity contribution in [3.8, 4) is 0 Å². The first-order valence-corrected chi connectivity index (χ1v) is 5.45. The topological polar surface area (TPSA) is 50.1 Å². The third-order valence-electron chi connectivity index (χ3n) is 2.78. The summed E-state index contributed by atoms with van der Waals surface area (Å²) in [5.41, 5.74) is 5.30. The summed E-state index contributed by atoms with van der Waals surface area (Å²) in [5.74, 6) is 1.50. The Labute approximate surface area is 94.9 Å². The molecule has 0 atom stereocenters. The molecule has 0 unspecified atom stereocenters. The number of aryl methyl sites for hydroxylation is 1. The molecule has 0 fully saturated rings. The van der Waals surface area contributed by atoms with Gasteiger partial charge in [-0.25, -0.2) is 10.5 Å². The number of nitrogens with zero attached hydrogens (tertiary/aromatic N) is 2. The highest BCUT2D eigenvalue weighted by atomic mass is 16.5. The Morgan fingerprint density at radius 3 is 2.81 bits per heavy atom. The summed E-state index contributed by atoms with van der Waals surface area (Å²) in [6.07, 6.45) is 0. The fourth-order valence-corrected chi connectivity index (χ4v) is 1.98. The van der Waals surface area contributed by atoms with Gasteiger partial charge in [-0.15, -0.1) is 0 Å². The van der Waals surface area contributed by atoms with Crippen LogP contribution < -0.4 is 5.48 Å². The standard InChI is InChI=1S/C12H17N3O/c1-8(2)12-14-10-6-9(7-13-16)4-5-11(10)15(12)3/h4-6,8,13,16H,7H2,1-3H3.